The molecular weight excluding hydrogens is 204 g/mol. The number of rotatable bonds is 5. The van der Waals surface area contributed by atoms with Crippen molar-refractivity contribution in [2.75, 3.05) is 20.3 Å². The van der Waals surface area contributed by atoms with E-state index >= 15 is 0 Å². The van der Waals surface area contributed by atoms with E-state index in [1.807, 2.05) is 0 Å². The monoisotopic (exact) mass is 224 g/mol. The van der Waals surface area contributed by atoms with Crippen molar-refractivity contribution in [3.63, 3.8) is 0 Å². The van der Waals surface area contributed by atoms with Crippen molar-refractivity contribution >= 4 is 5.91 Å². The summed E-state index contributed by atoms with van der Waals surface area (Å²) in [5.74, 6) is 6.05. The molecule has 1 unspecified atom stereocenters. The van der Waals surface area contributed by atoms with E-state index in [0.29, 0.717) is 6.67 Å². The molecule has 0 bridgehead atoms. The summed E-state index contributed by atoms with van der Waals surface area (Å²) in [5.41, 5.74) is 0. The Balaban J connectivity index is 2.21. The molecule has 0 fully saturated rings. The third-order valence-corrected chi connectivity index (χ3v) is 2.41. The zero-order valence-corrected chi connectivity index (χ0v) is 9.84. The molecule has 16 heavy (non-hydrogen) atoms. The van der Waals surface area contributed by atoms with Gasteiger partial charge in [0.25, 0.3) is 0 Å². The fraction of sp³-hybridized carbons (Fsp3) is 0.750. The van der Waals surface area contributed by atoms with Crippen LogP contribution in [0.15, 0.2) is 0 Å². The minimum Gasteiger partial charge on any atom is -0.356 e. The van der Waals surface area contributed by atoms with Gasteiger partial charge in [0, 0.05) is 6.42 Å². The molecule has 1 rings (SSSR count). The van der Waals surface area contributed by atoms with Crippen LogP contribution in [0.2, 0.25) is 0 Å². The van der Waals surface area contributed by atoms with Gasteiger partial charge < -0.3 is 15.4 Å². The third-order valence-electron chi connectivity index (χ3n) is 2.41. The van der Waals surface area contributed by atoms with Crippen molar-refractivity contribution in [1.82, 2.24) is 10.6 Å². The van der Waals surface area contributed by atoms with E-state index in [9.17, 15) is 4.79 Å². The molecule has 2 N–H and O–H groups in total. The summed E-state index contributed by atoms with van der Waals surface area (Å²) in [6.07, 6.45) is 5.35. The number of ether oxygens (including phenoxy) is 1. The van der Waals surface area contributed by atoms with Gasteiger partial charge in [-0.15, -0.1) is 5.92 Å². The Morgan fingerprint density at radius 1 is 1.44 bits per heavy atom. The van der Waals surface area contributed by atoms with Crippen LogP contribution in [-0.4, -0.2) is 32.3 Å². The maximum atomic E-state index is 11.3. The van der Waals surface area contributed by atoms with Gasteiger partial charge in [-0.2, -0.15) is 0 Å². The van der Waals surface area contributed by atoms with Crippen LogP contribution < -0.4 is 10.6 Å². The van der Waals surface area contributed by atoms with Gasteiger partial charge in [-0.3, -0.25) is 4.79 Å². The molecule has 1 amide bonds. The highest BCUT2D eigenvalue weighted by atomic mass is 16.5. The molecule has 90 valence electrons. The Bertz CT molecular complexity index is 268. The molecule has 1 aliphatic rings. The molecule has 1 aliphatic carbocycles. The van der Waals surface area contributed by atoms with E-state index in [1.54, 1.807) is 7.05 Å². The molecule has 4 nitrogen and oxygen atoms in total. The fourth-order valence-electron chi connectivity index (χ4n) is 1.52. The number of nitrogens with one attached hydrogen (secondary N) is 2. The van der Waals surface area contributed by atoms with Gasteiger partial charge in [0.15, 0.2) is 0 Å². The van der Waals surface area contributed by atoms with Gasteiger partial charge in [-0.25, -0.2) is 0 Å². The van der Waals surface area contributed by atoms with Gasteiger partial charge in [0.1, 0.15) is 12.7 Å². The van der Waals surface area contributed by atoms with E-state index in [-0.39, 0.29) is 18.6 Å². The number of carbonyl (C=O) groups is 1. The van der Waals surface area contributed by atoms with Gasteiger partial charge in [0.05, 0.1) is 6.67 Å². The summed E-state index contributed by atoms with van der Waals surface area (Å²) in [7, 11) is 1.78. The highest BCUT2D eigenvalue weighted by Gasteiger charge is 2.09. The Morgan fingerprint density at radius 3 is 3.12 bits per heavy atom. The lowest BCUT2D eigenvalue weighted by Crippen LogP contribution is -2.35. The first-order chi connectivity index (χ1) is 7.83. The largest absolute Gasteiger partial charge is 0.356 e. The summed E-state index contributed by atoms with van der Waals surface area (Å²) in [4.78, 5) is 11.3. The number of hydrogen-bond acceptors (Lipinski definition) is 3. The summed E-state index contributed by atoms with van der Waals surface area (Å²) in [6, 6.07) is 0. The van der Waals surface area contributed by atoms with Gasteiger partial charge >= 0.3 is 0 Å². The molecule has 4 heteroatoms. The van der Waals surface area contributed by atoms with Crippen molar-refractivity contribution in [3.8, 4) is 11.8 Å². The lowest BCUT2D eigenvalue weighted by molar-refractivity contribution is -0.126. The predicted octanol–water partition coefficient (Wildman–Crippen LogP) is 0.632. The summed E-state index contributed by atoms with van der Waals surface area (Å²) in [6.45, 7) is 0.569. The molecular formula is C12H20N2O2. The lowest BCUT2D eigenvalue weighted by Gasteiger charge is -2.13. The quantitative estimate of drug-likeness (QED) is 0.532. The second kappa shape index (κ2) is 8.14. The second-order valence-corrected chi connectivity index (χ2v) is 3.85. The summed E-state index contributed by atoms with van der Waals surface area (Å²) < 4.78 is 5.46. The van der Waals surface area contributed by atoms with E-state index in [4.69, 9.17) is 4.74 Å². The van der Waals surface area contributed by atoms with E-state index in [1.165, 1.54) is 12.8 Å². The molecule has 0 aromatic carbocycles. The van der Waals surface area contributed by atoms with Crippen molar-refractivity contribution in [2.24, 2.45) is 0 Å². The van der Waals surface area contributed by atoms with Crippen LogP contribution in [0.5, 0.6) is 0 Å². The van der Waals surface area contributed by atoms with Crippen LogP contribution in [0.25, 0.3) is 0 Å². The topological polar surface area (TPSA) is 50.4 Å². The van der Waals surface area contributed by atoms with Crippen LogP contribution >= 0.6 is 0 Å². The second-order valence-electron chi connectivity index (χ2n) is 3.85. The van der Waals surface area contributed by atoms with Gasteiger partial charge in [-0.05, 0) is 26.3 Å². The number of carbonyl (C=O) groups excluding carboxylic acids is 1. The van der Waals surface area contributed by atoms with Crippen LogP contribution in [0.3, 0.4) is 0 Å². The van der Waals surface area contributed by atoms with Crippen molar-refractivity contribution in [2.45, 2.75) is 38.2 Å². The Morgan fingerprint density at radius 2 is 2.31 bits per heavy atom. The highest BCUT2D eigenvalue weighted by Crippen LogP contribution is 2.10. The summed E-state index contributed by atoms with van der Waals surface area (Å²) >= 11 is 0. The molecule has 0 aromatic heterocycles. The molecule has 0 aliphatic heterocycles. The maximum Gasteiger partial charge on any atom is 0.247 e. The standard InChI is InChI=1S/C12H20N2O2/c1-13-10-14-12(15)9-16-11-7-5-3-2-4-6-8-11/h11,13H,2-5,7,9-10H2,1H3,(H,14,15). The molecule has 0 saturated heterocycles. The highest BCUT2D eigenvalue weighted by molar-refractivity contribution is 5.77. The van der Waals surface area contributed by atoms with Gasteiger partial charge in [-0.1, -0.05) is 12.3 Å². The normalized spacial score (nSPS) is 20.2. The van der Waals surface area contributed by atoms with Crippen molar-refractivity contribution < 1.29 is 9.53 Å². The Hall–Kier alpha value is -1.05. The SMILES string of the molecule is CNCNC(=O)COC1C#CCCCCC1. The number of hydrogen-bond donors (Lipinski definition) is 2. The van der Waals surface area contributed by atoms with E-state index in [2.05, 4.69) is 22.5 Å². The zero-order valence-electron chi connectivity index (χ0n) is 9.84. The van der Waals surface area contributed by atoms with E-state index < -0.39 is 0 Å². The van der Waals surface area contributed by atoms with E-state index in [0.717, 1.165) is 19.3 Å². The van der Waals surface area contributed by atoms with Crippen LogP contribution in [0.4, 0.5) is 0 Å². The molecule has 1 atom stereocenters. The molecule has 0 spiro atoms. The Kier molecular flexibility index (Phi) is 6.62. The van der Waals surface area contributed by atoms with Gasteiger partial charge in [0.2, 0.25) is 5.91 Å². The summed E-state index contributed by atoms with van der Waals surface area (Å²) in [5, 5.41) is 5.52. The zero-order chi connectivity index (χ0) is 11.6. The first kappa shape index (κ1) is 13.0. The lowest BCUT2D eigenvalue weighted by atomic mass is 10.1. The van der Waals surface area contributed by atoms with Crippen LogP contribution in [0, 0.1) is 11.8 Å². The Labute approximate surface area is 97.1 Å². The molecule has 0 saturated carbocycles. The molecule has 0 radical (unpaired) electrons. The minimum absolute atomic E-state index is 0.0689. The van der Waals surface area contributed by atoms with Crippen molar-refractivity contribution in [1.29, 1.82) is 0 Å². The minimum atomic E-state index is -0.0989. The first-order valence-electron chi connectivity index (χ1n) is 5.84. The van der Waals surface area contributed by atoms with Crippen LogP contribution in [-0.2, 0) is 9.53 Å². The smallest absolute Gasteiger partial charge is 0.247 e. The molecule has 0 heterocycles. The first-order valence-corrected chi connectivity index (χ1v) is 5.84. The van der Waals surface area contributed by atoms with Crippen LogP contribution in [0.1, 0.15) is 32.1 Å². The fourth-order valence-corrected chi connectivity index (χ4v) is 1.52. The maximum absolute atomic E-state index is 11.3. The number of amides is 1. The predicted molar refractivity (Wildman–Crippen MR) is 62.7 cm³/mol. The third kappa shape index (κ3) is 5.74. The molecule has 0 aromatic rings. The average molecular weight is 224 g/mol. The average Bonchev–Trinajstić information content (AvgIpc) is 2.25. The van der Waals surface area contributed by atoms with Crippen molar-refractivity contribution in [3.05, 3.63) is 0 Å².